The number of hydrogen-bond acceptors (Lipinski definition) is 4. The van der Waals surface area contributed by atoms with Crippen molar-refractivity contribution in [3.05, 3.63) is 16.1 Å². The average Bonchev–Trinajstić information content (AvgIpc) is 2.88. The maximum Gasteiger partial charge on any atom is 0.0943 e. The minimum absolute atomic E-state index is 0.424. The SMILES string of the molecule is CNC(C)c1cnc(CC2CCCN2)s1. The molecular weight excluding hydrogens is 206 g/mol. The molecule has 0 amide bonds. The molecule has 2 unspecified atom stereocenters. The molecule has 0 spiro atoms. The maximum absolute atomic E-state index is 4.49. The highest BCUT2D eigenvalue weighted by molar-refractivity contribution is 7.11. The largest absolute Gasteiger partial charge is 0.314 e. The van der Waals surface area contributed by atoms with Crippen molar-refractivity contribution in [3.8, 4) is 0 Å². The highest BCUT2D eigenvalue weighted by Crippen LogP contribution is 2.22. The van der Waals surface area contributed by atoms with Crippen LogP contribution in [-0.2, 0) is 6.42 Å². The minimum Gasteiger partial charge on any atom is -0.314 e. The van der Waals surface area contributed by atoms with E-state index in [0.29, 0.717) is 12.1 Å². The molecule has 3 nitrogen and oxygen atoms in total. The molecule has 1 aromatic rings. The van der Waals surface area contributed by atoms with Crippen LogP contribution in [0.1, 0.15) is 35.7 Å². The van der Waals surface area contributed by atoms with Gasteiger partial charge in [-0.05, 0) is 33.4 Å². The van der Waals surface area contributed by atoms with E-state index >= 15 is 0 Å². The summed E-state index contributed by atoms with van der Waals surface area (Å²) in [4.78, 5) is 5.83. The molecule has 1 aromatic heterocycles. The minimum atomic E-state index is 0.424. The Morgan fingerprint density at radius 1 is 1.73 bits per heavy atom. The van der Waals surface area contributed by atoms with Crippen molar-refractivity contribution in [2.24, 2.45) is 0 Å². The second kappa shape index (κ2) is 5.05. The fourth-order valence-electron chi connectivity index (χ4n) is 1.90. The first kappa shape index (κ1) is 11.0. The molecule has 2 heterocycles. The molecule has 2 atom stereocenters. The number of thiazole rings is 1. The summed E-state index contributed by atoms with van der Waals surface area (Å²) in [5.41, 5.74) is 0. The Morgan fingerprint density at radius 3 is 3.27 bits per heavy atom. The summed E-state index contributed by atoms with van der Waals surface area (Å²) in [7, 11) is 1.99. The monoisotopic (exact) mass is 225 g/mol. The fourth-order valence-corrected chi connectivity index (χ4v) is 2.96. The zero-order valence-electron chi connectivity index (χ0n) is 9.42. The Bertz CT molecular complexity index is 305. The van der Waals surface area contributed by atoms with Gasteiger partial charge in [-0.2, -0.15) is 0 Å². The third-order valence-corrected chi connectivity index (χ3v) is 4.22. The van der Waals surface area contributed by atoms with Crippen LogP contribution in [0.3, 0.4) is 0 Å². The van der Waals surface area contributed by atoms with Crippen molar-refractivity contribution >= 4 is 11.3 Å². The molecular formula is C11H19N3S. The lowest BCUT2D eigenvalue weighted by Gasteiger charge is -2.07. The summed E-state index contributed by atoms with van der Waals surface area (Å²) < 4.78 is 0. The van der Waals surface area contributed by atoms with Crippen LogP contribution < -0.4 is 10.6 Å². The van der Waals surface area contributed by atoms with Gasteiger partial charge in [0, 0.05) is 29.6 Å². The standard InChI is InChI=1S/C11H19N3S/c1-8(12-2)10-7-14-11(15-10)6-9-4-3-5-13-9/h7-9,12-13H,3-6H2,1-2H3. The molecule has 1 saturated heterocycles. The summed E-state index contributed by atoms with van der Waals surface area (Å²) in [6, 6.07) is 1.08. The van der Waals surface area contributed by atoms with E-state index in [4.69, 9.17) is 0 Å². The third kappa shape index (κ3) is 2.77. The number of rotatable bonds is 4. The molecule has 0 bridgehead atoms. The van der Waals surface area contributed by atoms with Crippen LogP contribution in [0.5, 0.6) is 0 Å². The van der Waals surface area contributed by atoms with Gasteiger partial charge in [0.25, 0.3) is 0 Å². The number of nitrogens with one attached hydrogen (secondary N) is 2. The molecule has 0 aliphatic carbocycles. The summed E-state index contributed by atoms with van der Waals surface area (Å²) >= 11 is 1.84. The van der Waals surface area contributed by atoms with Crippen molar-refractivity contribution in [1.29, 1.82) is 0 Å². The van der Waals surface area contributed by atoms with E-state index in [-0.39, 0.29) is 0 Å². The van der Waals surface area contributed by atoms with Crippen molar-refractivity contribution < 1.29 is 0 Å². The van der Waals surface area contributed by atoms with E-state index in [2.05, 4.69) is 22.5 Å². The lowest BCUT2D eigenvalue weighted by molar-refractivity contribution is 0.601. The second-order valence-electron chi connectivity index (χ2n) is 4.16. The molecule has 84 valence electrons. The van der Waals surface area contributed by atoms with Crippen LogP contribution in [0.4, 0.5) is 0 Å². The predicted octanol–water partition coefficient (Wildman–Crippen LogP) is 1.72. The highest BCUT2D eigenvalue weighted by atomic mass is 32.1. The second-order valence-corrected chi connectivity index (χ2v) is 5.31. The molecule has 0 saturated carbocycles. The Hall–Kier alpha value is -0.450. The molecule has 0 radical (unpaired) electrons. The smallest absolute Gasteiger partial charge is 0.0943 e. The van der Waals surface area contributed by atoms with Gasteiger partial charge in [0.15, 0.2) is 0 Å². The average molecular weight is 225 g/mol. The van der Waals surface area contributed by atoms with Crippen LogP contribution in [0.25, 0.3) is 0 Å². The van der Waals surface area contributed by atoms with Gasteiger partial charge in [-0.25, -0.2) is 4.98 Å². The predicted molar refractivity (Wildman–Crippen MR) is 64.3 cm³/mol. The van der Waals surface area contributed by atoms with Gasteiger partial charge in [-0.3, -0.25) is 0 Å². The molecule has 0 aromatic carbocycles. The third-order valence-electron chi connectivity index (χ3n) is 3.01. The maximum atomic E-state index is 4.49. The Balaban J connectivity index is 1.94. The van der Waals surface area contributed by atoms with E-state index in [0.717, 1.165) is 6.42 Å². The fraction of sp³-hybridized carbons (Fsp3) is 0.727. The summed E-state index contributed by atoms with van der Waals surface area (Å²) in [5.74, 6) is 0. The zero-order valence-corrected chi connectivity index (χ0v) is 10.2. The first-order valence-corrected chi connectivity index (χ1v) is 6.46. The van der Waals surface area contributed by atoms with E-state index in [1.54, 1.807) is 0 Å². The molecule has 2 rings (SSSR count). The van der Waals surface area contributed by atoms with Gasteiger partial charge in [-0.1, -0.05) is 0 Å². The van der Waals surface area contributed by atoms with Crippen LogP contribution >= 0.6 is 11.3 Å². The summed E-state index contributed by atoms with van der Waals surface area (Å²) in [5, 5.41) is 8.02. The normalized spacial score (nSPS) is 23.2. The van der Waals surface area contributed by atoms with Crippen molar-refractivity contribution in [3.63, 3.8) is 0 Å². The Morgan fingerprint density at radius 2 is 2.60 bits per heavy atom. The lowest BCUT2D eigenvalue weighted by atomic mass is 10.2. The van der Waals surface area contributed by atoms with Gasteiger partial charge in [0.2, 0.25) is 0 Å². The molecule has 1 aliphatic heterocycles. The zero-order chi connectivity index (χ0) is 10.7. The van der Waals surface area contributed by atoms with Gasteiger partial charge in [0.1, 0.15) is 0 Å². The number of hydrogen-bond donors (Lipinski definition) is 2. The molecule has 1 fully saturated rings. The summed E-state index contributed by atoms with van der Waals surface area (Å²) in [6.07, 6.45) is 5.73. The number of nitrogens with zero attached hydrogens (tertiary/aromatic N) is 1. The van der Waals surface area contributed by atoms with Gasteiger partial charge >= 0.3 is 0 Å². The molecule has 4 heteroatoms. The van der Waals surface area contributed by atoms with E-state index in [9.17, 15) is 0 Å². The quantitative estimate of drug-likeness (QED) is 0.819. The lowest BCUT2D eigenvalue weighted by Crippen LogP contribution is -2.23. The van der Waals surface area contributed by atoms with E-state index in [1.807, 2.05) is 24.6 Å². The Kier molecular flexibility index (Phi) is 3.72. The molecule has 2 N–H and O–H groups in total. The molecule has 1 aliphatic rings. The highest BCUT2D eigenvalue weighted by Gasteiger charge is 2.16. The van der Waals surface area contributed by atoms with Crippen molar-refractivity contribution in [2.75, 3.05) is 13.6 Å². The van der Waals surface area contributed by atoms with Crippen LogP contribution in [0, 0.1) is 0 Å². The topological polar surface area (TPSA) is 37.0 Å². The van der Waals surface area contributed by atoms with Crippen LogP contribution in [-0.4, -0.2) is 24.6 Å². The summed E-state index contributed by atoms with van der Waals surface area (Å²) in [6.45, 7) is 3.35. The first-order valence-electron chi connectivity index (χ1n) is 5.65. The van der Waals surface area contributed by atoms with Crippen molar-refractivity contribution in [1.82, 2.24) is 15.6 Å². The van der Waals surface area contributed by atoms with Crippen LogP contribution in [0.15, 0.2) is 6.20 Å². The number of aromatic nitrogens is 1. The van der Waals surface area contributed by atoms with E-state index in [1.165, 1.54) is 29.3 Å². The van der Waals surface area contributed by atoms with Gasteiger partial charge < -0.3 is 10.6 Å². The van der Waals surface area contributed by atoms with Crippen LogP contribution in [0.2, 0.25) is 0 Å². The van der Waals surface area contributed by atoms with Gasteiger partial charge in [0.05, 0.1) is 5.01 Å². The molecule has 15 heavy (non-hydrogen) atoms. The van der Waals surface area contributed by atoms with Crippen molar-refractivity contribution in [2.45, 2.75) is 38.3 Å². The van der Waals surface area contributed by atoms with Gasteiger partial charge in [-0.15, -0.1) is 11.3 Å². The first-order chi connectivity index (χ1) is 7.29. The van der Waals surface area contributed by atoms with E-state index < -0.39 is 0 Å². The Labute approximate surface area is 95.3 Å².